The van der Waals surface area contributed by atoms with Crippen molar-refractivity contribution in [3.05, 3.63) is 33.7 Å². The molecule has 0 atom stereocenters. The van der Waals surface area contributed by atoms with Crippen LogP contribution in [0.4, 0.5) is 11.4 Å². The van der Waals surface area contributed by atoms with Gasteiger partial charge in [-0.25, -0.2) is 0 Å². The molecule has 4 nitrogen and oxygen atoms in total. The number of unbranched alkanes of at least 4 members (excludes halogenated alkanes) is 5. The van der Waals surface area contributed by atoms with Crippen molar-refractivity contribution in [3.63, 3.8) is 0 Å². The van der Waals surface area contributed by atoms with Crippen molar-refractivity contribution in [1.29, 1.82) is 0 Å². The topological polar surface area (TPSA) is 48.1 Å². The summed E-state index contributed by atoms with van der Waals surface area (Å²) in [6.07, 6.45) is 10.5. The molecule has 0 unspecified atom stereocenters. The molecular weight excluding hydrogens is 384 g/mol. The summed E-state index contributed by atoms with van der Waals surface area (Å²) >= 11 is 3.49. The first-order valence-electron chi connectivity index (χ1n) is 10.9. The molecule has 0 fully saturated rings. The summed E-state index contributed by atoms with van der Waals surface area (Å²) in [4.78, 5) is 0. The maximum atomic E-state index is 3.56. The Bertz CT molecular complexity index is 493. The third-order valence-corrected chi connectivity index (χ3v) is 6.08. The minimum Gasteiger partial charge on any atom is -0.384 e. The van der Waals surface area contributed by atoms with Gasteiger partial charge in [-0.3, -0.25) is 0 Å². The van der Waals surface area contributed by atoms with Gasteiger partial charge < -0.3 is 21.3 Å². The smallest absolute Gasteiger partial charge is 0.0448 e. The Morgan fingerprint density at radius 1 is 0.500 bits per heavy atom. The molecule has 0 aliphatic carbocycles. The van der Waals surface area contributed by atoms with Crippen LogP contribution in [-0.2, 0) is 0 Å². The van der Waals surface area contributed by atoms with E-state index in [9.17, 15) is 0 Å². The number of thiophene rings is 2. The first-order valence-corrected chi connectivity index (χ1v) is 12.8. The van der Waals surface area contributed by atoms with Crippen LogP contribution in [0.5, 0.6) is 0 Å². The zero-order chi connectivity index (χ0) is 19.5. The molecule has 0 bridgehead atoms. The fourth-order valence-corrected chi connectivity index (χ4v) is 4.30. The molecule has 28 heavy (non-hydrogen) atoms. The van der Waals surface area contributed by atoms with Gasteiger partial charge in [0.25, 0.3) is 0 Å². The van der Waals surface area contributed by atoms with E-state index in [2.05, 4.69) is 54.9 Å². The largest absolute Gasteiger partial charge is 0.384 e. The van der Waals surface area contributed by atoms with Crippen LogP contribution in [0.1, 0.15) is 51.4 Å². The summed E-state index contributed by atoms with van der Waals surface area (Å²) in [5.74, 6) is 0. The molecule has 0 radical (unpaired) electrons. The van der Waals surface area contributed by atoms with Crippen molar-refractivity contribution >= 4 is 34.0 Å². The lowest BCUT2D eigenvalue weighted by Gasteiger charge is -2.07. The summed E-state index contributed by atoms with van der Waals surface area (Å²) < 4.78 is 0. The van der Waals surface area contributed by atoms with E-state index in [1.54, 1.807) is 22.7 Å². The summed E-state index contributed by atoms with van der Waals surface area (Å²) in [6, 6.07) is 4.28. The summed E-state index contributed by atoms with van der Waals surface area (Å²) in [5.41, 5.74) is 2.51. The highest BCUT2D eigenvalue weighted by molar-refractivity contribution is 7.08. The van der Waals surface area contributed by atoms with Crippen LogP contribution >= 0.6 is 22.7 Å². The molecule has 0 aliphatic rings. The van der Waals surface area contributed by atoms with Crippen LogP contribution in [0, 0.1) is 0 Å². The lowest BCUT2D eigenvalue weighted by atomic mass is 10.1. The Morgan fingerprint density at radius 3 is 1.36 bits per heavy atom. The van der Waals surface area contributed by atoms with Gasteiger partial charge in [-0.2, -0.15) is 22.7 Å². The zero-order valence-electron chi connectivity index (χ0n) is 17.2. The molecule has 0 saturated heterocycles. The second kappa shape index (κ2) is 16.8. The first-order chi connectivity index (χ1) is 13.9. The van der Waals surface area contributed by atoms with Gasteiger partial charge >= 0.3 is 0 Å². The highest BCUT2D eigenvalue weighted by Crippen LogP contribution is 2.12. The predicted octanol–water partition coefficient (Wildman–Crippen LogP) is 5.63. The number of hydrogen-bond donors (Lipinski definition) is 4. The van der Waals surface area contributed by atoms with Gasteiger partial charge in [0.1, 0.15) is 0 Å². The van der Waals surface area contributed by atoms with Crippen molar-refractivity contribution in [2.24, 2.45) is 0 Å². The van der Waals surface area contributed by atoms with Crippen molar-refractivity contribution in [3.8, 4) is 0 Å². The van der Waals surface area contributed by atoms with Gasteiger partial charge in [0.05, 0.1) is 0 Å². The molecule has 0 aliphatic heterocycles. The molecule has 2 aromatic rings. The minimum absolute atomic E-state index is 1.06. The fraction of sp³-hybridized carbons (Fsp3) is 0.636. The predicted molar refractivity (Wildman–Crippen MR) is 128 cm³/mol. The van der Waals surface area contributed by atoms with Gasteiger partial charge in [0.15, 0.2) is 0 Å². The van der Waals surface area contributed by atoms with Crippen molar-refractivity contribution < 1.29 is 0 Å². The molecular formula is C22H38N4S2. The molecule has 6 heteroatoms. The average Bonchev–Trinajstić information content (AvgIpc) is 3.41. The minimum atomic E-state index is 1.06. The Hall–Kier alpha value is -1.08. The highest BCUT2D eigenvalue weighted by Gasteiger charge is 1.95. The molecule has 2 aromatic heterocycles. The third-order valence-electron chi connectivity index (χ3n) is 4.72. The van der Waals surface area contributed by atoms with E-state index in [0.717, 1.165) is 26.2 Å². The number of hydrogen-bond acceptors (Lipinski definition) is 6. The molecule has 158 valence electrons. The number of nitrogens with one attached hydrogen (secondary N) is 4. The Kier molecular flexibility index (Phi) is 14.0. The lowest BCUT2D eigenvalue weighted by molar-refractivity contribution is 0.546. The highest BCUT2D eigenvalue weighted by atomic mass is 32.1. The summed E-state index contributed by atoms with van der Waals surface area (Å²) in [7, 11) is 0. The van der Waals surface area contributed by atoms with Crippen LogP contribution in [0.15, 0.2) is 33.7 Å². The van der Waals surface area contributed by atoms with Crippen LogP contribution < -0.4 is 21.3 Å². The van der Waals surface area contributed by atoms with E-state index < -0.39 is 0 Å². The van der Waals surface area contributed by atoms with E-state index in [-0.39, 0.29) is 0 Å². The van der Waals surface area contributed by atoms with Crippen LogP contribution in [0.3, 0.4) is 0 Å². The van der Waals surface area contributed by atoms with Gasteiger partial charge in [0, 0.05) is 35.2 Å². The van der Waals surface area contributed by atoms with Crippen LogP contribution in [0.2, 0.25) is 0 Å². The van der Waals surface area contributed by atoms with E-state index in [0.29, 0.717) is 0 Å². The van der Waals surface area contributed by atoms with Crippen LogP contribution in [-0.4, -0.2) is 39.3 Å². The quantitative estimate of drug-likeness (QED) is 0.222. The van der Waals surface area contributed by atoms with Gasteiger partial charge in [-0.1, -0.05) is 25.7 Å². The van der Waals surface area contributed by atoms with E-state index in [1.165, 1.54) is 75.8 Å². The first kappa shape index (κ1) is 23.2. The molecule has 4 N–H and O–H groups in total. The number of anilines is 2. The standard InChI is InChI=1S/C22H38N4S2/c1(3-5-11-23-13-7-15-25-21-9-17-27-19-21)2-4-6-12-24-14-8-16-26-22-10-18-28-20-22/h9-10,17-20,23-26H,1-8,11-16H2. The van der Waals surface area contributed by atoms with E-state index >= 15 is 0 Å². The molecule has 0 aromatic carbocycles. The number of rotatable bonds is 19. The SMILES string of the molecule is c1cc(NCCCNCCCCCCCCNCCCNc2ccsc2)cs1. The molecule has 2 heterocycles. The molecule has 0 saturated carbocycles. The maximum absolute atomic E-state index is 3.56. The monoisotopic (exact) mass is 422 g/mol. The third kappa shape index (κ3) is 12.4. The van der Waals surface area contributed by atoms with Crippen molar-refractivity contribution in [2.75, 3.05) is 49.9 Å². The average molecular weight is 423 g/mol. The Balaban J connectivity index is 1.20. The van der Waals surface area contributed by atoms with E-state index in [1.807, 2.05) is 0 Å². The fourth-order valence-electron chi connectivity index (χ4n) is 3.08. The van der Waals surface area contributed by atoms with Gasteiger partial charge in [-0.15, -0.1) is 0 Å². The normalized spacial score (nSPS) is 11.0. The second-order valence-electron chi connectivity index (χ2n) is 7.21. The molecule has 2 rings (SSSR count). The summed E-state index contributed by atoms with van der Waals surface area (Å²) in [6.45, 7) is 6.68. The van der Waals surface area contributed by atoms with Gasteiger partial charge in [-0.05, 0) is 74.8 Å². The molecule has 0 amide bonds. The van der Waals surface area contributed by atoms with Gasteiger partial charge in [0.2, 0.25) is 0 Å². The maximum Gasteiger partial charge on any atom is 0.0448 e. The van der Waals surface area contributed by atoms with E-state index in [4.69, 9.17) is 0 Å². The lowest BCUT2D eigenvalue weighted by Crippen LogP contribution is -2.19. The van der Waals surface area contributed by atoms with Crippen LogP contribution in [0.25, 0.3) is 0 Å². The van der Waals surface area contributed by atoms with Crippen molar-refractivity contribution in [1.82, 2.24) is 10.6 Å². The Morgan fingerprint density at radius 2 is 0.929 bits per heavy atom. The van der Waals surface area contributed by atoms with Crippen molar-refractivity contribution in [2.45, 2.75) is 51.4 Å². The second-order valence-corrected chi connectivity index (χ2v) is 8.77. The zero-order valence-corrected chi connectivity index (χ0v) is 18.8. The Labute approximate surface area is 179 Å². The molecule has 0 spiro atoms. The summed E-state index contributed by atoms with van der Waals surface area (Å²) in [5, 5.41) is 22.6.